The molecule has 0 bridgehead atoms. The molecule has 1 heterocycles. The molecule has 0 fully saturated rings. The van der Waals surface area contributed by atoms with E-state index in [1.165, 1.54) is 26.4 Å². The number of aryl methyl sites for hydroxylation is 1. The SMILES string of the molecule is COc1cc(C(=O)OCC(=O)c2cc(C)n(C)c2C)cc(OC)c1Br. The minimum Gasteiger partial charge on any atom is -0.495 e. The van der Waals surface area contributed by atoms with Crippen molar-refractivity contribution in [3.63, 3.8) is 0 Å². The summed E-state index contributed by atoms with van der Waals surface area (Å²) in [6.07, 6.45) is 0. The van der Waals surface area contributed by atoms with Crippen LogP contribution >= 0.6 is 15.9 Å². The predicted molar refractivity (Wildman–Crippen MR) is 96.7 cm³/mol. The molecule has 134 valence electrons. The summed E-state index contributed by atoms with van der Waals surface area (Å²) in [7, 11) is 4.85. The Kier molecular flexibility index (Phi) is 5.89. The van der Waals surface area contributed by atoms with E-state index in [-0.39, 0.29) is 18.0 Å². The minimum absolute atomic E-state index is 0.241. The maximum absolute atomic E-state index is 12.3. The van der Waals surface area contributed by atoms with Crippen molar-refractivity contribution in [3.05, 3.63) is 45.2 Å². The van der Waals surface area contributed by atoms with Crippen LogP contribution in [0.4, 0.5) is 0 Å². The van der Waals surface area contributed by atoms with Crippen LogP contribution < -0.4 is 9.47 Å². The lowest BCUT2D eigenvalue weighted by Crippen LogP contribution is -2.15. The quantitative estimate of drug-likeness (QED) is 0.539. The molecule has 7 heteroatoms. The van der Waals surface area contributed by atoms with Crippen LogP contribution in [0.1, 0.15) is 32.1 Å². The monoisotopic (exact) mass is 409 g/mol. The van der Waals surface area contributed by atoms with Gasteiger partial charge < -0.3 is 18.8 Å². The van der Waals surface area contributed by atoms with Crippen LogP contribution in [-0.4, -0.2) is 37.1 Å². The van der Waals surface area contributed by atoms with Gasteiger partial charge in [0.25, 0.3) is 0 Å². The summed E-state index contributed by atoms with van der Waals surface area (Å²) >= 11 is 3.34. The van der Waals surface area contributed by atoms with Crippen LogP contribution in [0.3, 0.4) is 0 Å². The van der Waals surface area contributed by atoms with Gasteiger partial charge in [0.2, 0.25) is 5.78 Å². The highest BCUT2D eigenvalue weighted by Gasteiger charge is 2.19. The highest BCUT2D eigenvalue weighted by Crippen LogP contribution is 2.35. The zero-order valence-corrected chi connectivity index (χ0v) is 16.4. The maximum Gasteiger partial charge on any atom is 0.338 e. The number of nitrogens with zero attached hydrogens (tertiary/aromatic N) is 1. The Morgan fingerprint density at radius 2 is 1.64 bits per heavy atom. The molecule has 6 nitrogen and oxygen atoms in total. The van der Waals surface area contributed by atoms with Gasteiger partial charge in [-0.15, -0.1) is 0 Å². The molecule has 0 radical (unpaired) electrons. The van der Waals surface area contributed by atoms with Gasteiger partial charge in [-0.1, -0.05) is 0 Å². The standard InChI is InChI=1S/C18H20BrNO5/c1-10-6-13(11(2)20(10)3)14(21)9-25-18(22)12-7-15(23-4)17(19)16(8-12)24-5/h6-8H,9H2,1-5H3. The largest absolute Gasteiger partial charge is 0.495 e. The van der Waals surface area contributed by atoms with Crippen LogP contribution in [0.5, 0.6) is 11.5 Å². The molecule has 0 atom stereocenters. The highest BCUT2D eigenvalue weighted by molar-refractivity contribution is 9.10. The molecule has 1 aromatic heterocycles. The van der Waals surface area contributed by atoms with E-state index in [2.05, 4.69) is 15.9 Å². The van der Waals surface area contributed by atoms with Crippen molar-refractivity contribution in [2.24, 2.45) is 7.05 Å². The Balaban J connectivity index is 2.15. The first-order chi connectivity index (χ1) is 11.8. The zero-order chi connectivity index (χ0) is 18.7. The van der Waals surface area contributed by atoms with Gasteiger partial charge in [0, 0.05) is 24.0 Å². The lowest BCUT2D eigenvalue weighted by atomic mass is 10.1. The van der Waals surface area contributed by atoms with Gasteiger partial charge in [-0.2, -0.15) is 0 Å². The van der Waals surface area contributed by atoms with Crippen LogP contribution in [0.15, 0.2) is 22.7 Å². The van der Waals surface area contributed by atoms with Crippen LogP contribution in [0.2, 0.25) is 0 Å². The van der Waals surface area contributed by atoms with Gasteiger partial charge in [0.1, 0.15) is 16.0 Å². The number of halogens is 1. The first-order valence-electron chi connectivity index (χ1n) is 7.54. The number of hydrogen-bond donors (Lipinski definition) is 0. The lowest BCUT2D eigenvalue weighted by Gasteiger charge is -2.11. The number of ketones is 1. The van der Waals surface area contributed by atoms with Crippen LogP contribution in [0, 0.1) is 13.8 Å². The number of hydrogen-bond acceptors (Lipinski definition) is 5. The summed E-state index contributed by atoms with van der Waals surface area (Å²) in [5.41, 5.74) is 2.60. The fraction of sp³-hybridized carbons (Fsp3) is 0.333. The van der Waals surface area contributed by atoms with Crippen molar-refractivity contribution < 1.29 is 23.8 Å². The Labute approximate surface area is 154 Å². The normalized spacial score (nSPS) is 10.5. The van der Waals surface area contributed by atoms with E-state index in [1.54, 1.807) is 6.07 Å². The average molecular weight is 410 g/mol. The molecular weight excluding hydrogens is 390 g/mol. The first kappa shape index (κ1) is 19.1. The molecule has 2 aromatic rings. The van der Waals surface area contributed by atoms with Crippen molar-refractivity contribution in [3.8, 4) is 11.5 Å². The smallest absolute Gasteiger partial charge is 0.338 e. The number of esters is 1. The average Bonchev–Trinajstić information content (AvgIpc) is 2.87. The van der Waals surface area contributed by atoms with Crippen molar-refractivity contribution in [1.29, 1.82) is 0 Å². The third-order valence-corrected chi connectivity index (χ3v) is 4.87. The second-order valence-electron chi connectivity index (χ2n) is 5.54. The van der Waals surface area contributed by atoms with Gasteiger partial charge in [-0.25, -0.2) is 4.79 Å². The summed E-state index contributed by atoms with van der Waals surface area (Å²) < 4.78 is 18.1. The third-order valence-electron chi connectivity index (χ3n) is 4.09. The number of benzene rings is 1. The first-order valence-corrected chi connectivity index (χ1v) is 8.34. The summed E-state index contributed by atoms with van der Waals surface area (Å²) in [5.74, 6) is 0.00709. The molecule has 1 aromatic carbocycles. The van der Waals surface area contributed by atoms with E-state index < -0.39 is 5.97 Å². The summed E-state index contributed by atoms with van der Waals surface area (Å²) in [4.78, 5) is 24.6. The van der Waals surface area contributed by atoms with Crippen molar-refractivity contribution in [2.75, 3.05) is 20.8 Å². The highest BCUT2D eigenvalue weighted by atomic mass is 79.9. The Bertz CT molecular complexity index is 800. The summed E-state index contributed by atoms with van der Waals surface area (Å²) in [6.45, 7) is 3.44. The molecule has 0 aliphatic carbocycles. The van der Waals surface area contributed by atoms with Gasteiger partial charge in [-0.3, -0.25) is 4.79 Å². The number of ether oxygens (including phenoxy) is 3. The number of methoxy groups -OCH3 is 2. The fourth-order valence-electron chi connectivity index (χ4n) is 2.42. The van der Waals surface area contributed by atoms with Gasteiger partial charge in [-0.05, 0) is 48.0 Å². The van der Waals surface area contributed by atoms with Crippen molar-refractivity contribution in [2.45, 2.75) is 13.8 Å². The van der Waals surface area contributed by atoms with Gasteiger partial charge >= 0.3 is 5.97 Å². The van der Waals surface area contributed by atoms with E-state index in [0.29, 0.717) is 21.5 Å². The number of aromatic nitrogens is 1. The van der Waals surface area contributed by atoms with Crippen LogP contribution in [0.25, 0.3) is 0 Å². The molecule has 2 rings (SSSR count). The molecule has 0 unspecified atom stereocenters. The maximum atomic E-state index is 12.3. The molecule has 0 aliphatic heterocycles. The summed E-state index contributed by atoms with van der Waals surface area (Å²) in [5, 5.41) is 0. The zero-order valence-electron chi connectivity index (χ0n) is 14.8. The van der Waals surface area contributed by atoms with E-state index in [1.807, 2.05) is 25.5 Å². The molecule has 0 saturated heterocycles. The van der Waals surface area contributed by atoms with E-state index in [0.717, 1.165) is 11.4 Å². The lowest BCUT2D eigenvalue weighted by molar-refractivity contribution is 0.0474. The van der Waals surface area contributed by atoms with Crippen LogP contribution in [-0.2, 0) is 11.8 Å². The topological polar surface area (TPSA) is 66.8 Å². The third kappa shape index (κ3) is 3.87. The molecule has 0 amide bonds. The predicted octanol–water partition coefficient (Wildman–Crippen LogP) is 3.46. The number of carbonyl (C=O) groups is 2. The van der Waals surface area contributed by atoms with Gasteiger partial charge in [0.05, 0.1) is 19.8 Å². The molecule has 0 N–H and O–H groups in total. The van der Waals surface area contributed by atoms with E-state index in [4.69, 9.17) is 14.2 Å². The number of carbonyl (C=O) groups excluding carboxylic acids is 2. The minimum atomic E-state index is -0.622. The second-order valence-corrected chi connectivity index (χ2v) is 6.33. The van der Waals surface area contributed by atoms with Crippen molar-refractivity contribution in [1.82, 2.24) is 4.57 Å². The van der Waals surface area contributed by atoms with E-state index >= 15 is 0 Å². The number of rotatable bonds is 6. The Morgan fingerprint density at radius 3 is 2.08 bits per heavy atom. The van der Waals surface area contributed by atoms with Gasteiger partial charge in [0.15, 0.2) is 6.61 Å². The molecule has 0 aliphatic rings. The second kappa shape index (κ2) is 7.74. The fourth-order valence-corrected chi connectivity index (χ4v) is 2.97. The Morgan fingerprint density at radius 1 is 1.08 bits per heavy atom. The molecule has 25 heavy (non-hydrogen) atoms. The Hall–Kier alpha value is -2.28. The summed E-state index contributed by atoms with van der Waals surface area (Å²) in [6, 6.07) is 4.84. The van der Waals surface area contributed by atoms with Crippen molar-refractivity contribution >= 4 is 27.7 Å². The molecular formula is C18H20BrNO5. The molecule has 0 spiro atoms. The van der Waals surface area contributed by atoms with E-state index in [9.17, 15) is 9.59 Å². The number of Topliss-reactive ketones (excluding diaryl/α,β-unsaturated/α-hetero) is 1. The molecule has 0 saturated carbocycles.